The van der Waals surface area contributed by atoms with Crippen molar-refractivity contribution < 1.29 is 37.3 Å². The molecule has 1 saturated carbocycles. The molecular formula is C33H34F3N3O5. The largest absolute Gasteiger partial charge is 0.497 e. The summed E-state index contributed by atoms with van der Waals surface area (Å²) in [6.07, 6.45) is 3.79. The number of methoxy groups -OCH3 is 1. The van der Waals surface area contributed by atoms with Crippen LogP contribution in [0, 0.1) is 5.92 Å². The summed E-state index contributed by atoms with van der Waals surface area (Å²) in [6, 6.07) is 10.7. The lowest BCUT2D eigenvalue weighted by molar-refractivity contribution is -0.142. The van der Waals surface area contributed by atoms with Gasteiger partial charge in [-0.2, -0.15) is 18.3 Å². The molecule has 44 heavy (non-hydrogen) atoms. The second-order valence-electron chi connectivity index (χ2n) is 11.6. The number of hydrogen-bond donors (Lipinski definition) is 1. The maximum absolute atomic E-state index is 13.8. The topological polar surface area (TPSA) is 93.9 Å². The number of carboxylic acid groups (broad SMARTS) is 1. The summed E-state index contributed by atoms with van der Waals surface area (Å²) in [5.41, 5.74) is 4.01. The maximum atomic E-state index is 13.8. The van der Waals surface area contributed by atoms with Gasteiger partial charge in [-0.05, 0) is 78.3 Å². The molecule has 3 aliphatic rings. The minimum absolute atomic E-state index is 0.0206. The van der Waals surface area contributed by atoms with Gasteiger partial charge < -0.3 is 19.5 Å². The summed E-state index contributed by atoms with van der Waals surface area (Å²) in [7, 11) is 1.55. The number of nitrogens with zero attached hydrogens (tertiary/aromatic N) is 3. The van der Waals surface area contributed by atoms with Crippen LogP contribution in [0.3, 0.4) is 0 Å². The monoisotopic (exact) mass is 609 g/mol. The summed E-state index contributed by atoms with van der Waals surface area (Å²) in [6.45, 7) is 0.404. The molecule has 2 aliphatic heterocycles. The van der Waals surface area contributed by atoms with Crippen LogP contribution in [-0.2, 0) is 11.3 Å². The summed E-state index contributed by atoms with van der Waals surface area (Å²) >= 11 is 0. The van der Waals surface area contributed by atoms with Gasteiger partial charge in [-0.3, -0.25) is 4.68 Å². The van der Waals surface area contributed by atoms with E-state index in [-0.39, 0.29) is 41.9 Å². The maximum Gasteiger partial charge on any atom is 0.408 e. The van der Waals surface area contributed by atoms with Gasteiger partial charge in [0.2, 0.25) is 0 Å². The second-order valence-corrected chi connectivity index (χ2v) is 11.6. The Hall–Kier alpha value is -4.28. The molecular weight excluding hydrogens is 575 g/mol. The smallest absolute Gasteiger partial charge is 0.408 e. The molecule has 11 heteroatoms. The second kappa shape index (κ2) is 11.7. The van der Waals surface area contributed by atoms with Crippen molar-refractivity contribution in [2.75, 3.05) is 25.2 Å². The normalized spacial score (nSPS) is 19.8. The predicted octanol–water partition coefficient (Wildman–Crippen LogP) is 7.11. The first kappa shape index (κ1) is 29.8. The Bertz CT molecular complexity index is 1620. The molecule has 2 unspecified atom stereocenters. The van der Waals surface area contributed by atoms with Gasteiger partial charge in [0, 0.05) is 18.2 Å². The molecule has 0 saturated heterocycles. The van der Waals surface area contributed by atoms with Gasteiger partial charge in [-0.15, -0.1) is 0 Å². The minimum atomic E-state index is -4.59. The number of rotatable bonds is 7. The fourth-order valence-corrected chi connectivity index (χ4v) is 7.28. The highest BCUT2D eigenvalue weighted by atomic mass is 19.4. The van der Waals surface area contributed by atoms with Crippen molar-refractivity contribution in [3.05, 3.63) is 76.1 Å². The van der Waals surface area contributed by atoms with E-state index in [2.05, 4.69) is 10.00 Å². The first-order valence-corrected chi connectivity index (χ1v) is 14.9. The van der Waals surface area contributed by atoms with Crippen LogP contribution in [0.4, 0.5) is 18.9 Å². The number of fused-ring (bicyclic) bond motifs is 5. The minimum Gasteiger partial charge on any atom is -0.497 e. The molecule has 2 atom stereocenters. The fraction of sp³-hybridized carbons (Fsp3) is 0.424. The molecule has 3 heterocycles. The molecule has 3 aromatic rings. The number of ether oxygens (including phenoxy) is 2. The lowest BCUT2D eigenvalue weighted by Crippen LogP contribution is -2.31. The van der Waals surface area contributed by atoms with Crippen LogP contribution in [-0.4, -0.2) is 53.3 Å². The summed E-state index contributed by atoms with van der Waals surface area (Å²) < 4.78 is 52.9. The number of hydrogen-bond acceptors (Lipinski definition) is 6. The average molecular weight is 610 g/mol. The van der Waals surface area contributed by atoms with E-state index >= 15 is 0 Å². The number of carboxylic acids is 1. The van der Waals surface area contributed by atoms with Gasteiger partial charge in [-0.25, -0.2) is 9.59 Å². The molecule has 232 valence electrons. The van der Waals surface area contributed by atoms with Crippen molar-refractivity contribution in [3.63, 3.8) is 0 Å². The highest BCUT2D eigenvalue weighted by Gasteiger charge is 2.46. The van der Waals surface area contributed by atoms with Gasteiger partial charge >= 0.3 is 18.1 Å². The van der Waals surface area contributed by atoms with Crippen LogP contribution in [0.5, 0.6) is 5.75 Å². The van der Waals surface area contributed by atoms with Crippen LogP contribution in [0.1, 0.15) is 94.1 Å². The Labute approximate surface area is 253 Å². The van der Waals surface area contributed by atoms with Crippen LogP contribution < -0.4 is 9.64 Å². The molecule has 1 fully saturated rings. The van der Waals surface area contributed by atoms with E-state index in [0.717, 1.165) is 58.9 Å². The number of carbonyl (C=O) groups is 2. The zero-order valence-electron chi connectivity index (χ0n) is 24.6. The van der Waals surface area contributed by atoms with Crippen LogP contribution in [0.25, 0.3) is 11.6 Å². The Kier molecular flexibility index (Phi) is 7.89. The molecule has 6 rings (SSSR count). The van der Waals surface area contributed by atoms with Crippen LogP contribution in [0.15, 0.2) is 42.6 Å². The number of aromatic nitrogens is 2. The quantitative estimate of drug-likeness (QED) is 0.286. The lowest BCUT2D eigenvalue weighted by atomic mass is 9.73. The van der Waals surface area contributed by atoms with E-state index in [9.17, 15) is 27.9 Å². The lowest BCUT2D eigenvalue weighted by Gasteiger charge is -2.36. The van der Waals surface area contributed by atoms with E-state index in [1.54, 1.807) is 32.2 Å². The number of aromatic carboxylic acids is 1. The zero-order valence-corrected chi connectivity index (χ0v) is 24.6. The average Bonchev–Trinajstić information content (AvgIpc) is 3.49. The van der Waals surface area contributed by atoms with Crippen molar-refractivity contribution in [2.45, 2.75) is 63.7 Å². The van der Waals surface area contributed by atoms with Crippen LogP contribution in [0.2, 0.25) is 0 Å². The number of esters is 1. The van der Waals surface area contributed by atoms with E-state index in [0.29, 0.717) is 17.2 Å². The molecule has 0 amide bonds. The fourth-order valence-electron chi connectivity index (χ4n) is 7.28. The zero-order chi connectivity index (χ0) is 31.2. The number of alkyl halides is 3. The summed E-state index contributed by atoms with van der Waals surface area (Å²) in [5, 5.41) is 13.9. The van der Waals surface area contributed by atoms with Gasteiger partial charge in [0.1, 0.15) is 17.9 Å². The first-order chi connectivity index (χ1) is 21.1. The van der Waals surface area contributed by atoms with E-state index < -0.39 is 24.7 Å². The highest BCUT2D eigenvalue weighted by molar-refractivity contribution is 5.99. The molecule has 1 aromatic heterocycles. The van der Waals surface area contributed by atoms with Gasteiger partial charge in [0.15, 0.2) is 0 Å². The van der Waals surface area contributed by atoms with Crippen molar-refractivity contribution in [2.24, 2.45) is 5.92 Å². The first-order valence-electron chi connectivity index (χ1n) is 14.9. The molecule has 8 nitrogen and oxygen atoms in total. The summed E-state index contributed by atoms with van der Waals surface area (Å²) in [5.74, 6) is -0.860. The van der Waals surface area contributed by atoms with Crippen molar-refractivity contribution in [1.82, 2.24) is 9.78 Å². The van der Waals surface area contributed by atoms with Gasteiger partial charge in [-0.1, -0.05) is 31.4 Å². The Morgan fingerprint density at radius 3 is 2.50 bits per heavy atom. The third-order valence-electron chi connectivity index (χ3n) is 9.03. The Morgan fingerprint density at radius 2 is 1.82 bits per heavy atom. The molecule has 1 aliphatic carbocycles. The molecule has 2 aromatic carbocycles. The predicted molar refractivity (Wildman–Crippen MR) is 158 cm³/mol. The SMILES string of the molecule is CCOC(=O)c1cnn(CC(F)(F)F)c1C1=Cc2cc(OC)ccc2C2C(C3CCCCC3)c3ccc(C(=O)O)cc3N2C1. The Morgan fingerprint density at radius 1 is 1.07 bits per heavy atom. The molecule has 0 radical (unpaired) electrons. The number of carbonyl (C=O) groups excluding carboxylic acids is 1. The van der Waals surface area contributed by atoms with E-state index in [1.807, 2.05) is 24.3 Å². The molecule has 0 spiro atoms. The van der Waals surface area contributed by atoms with Crippen molar-refractivity contribution in [3.8, 4) is 5.75 Å². The third kappa shape index (κ3) is 5.44. The van der Waals surface area contributed by atoms with E-state index in [4.69, 9.17) is 9.47 Å². The third-order valence-corrected chi connectivity index (χ3v) is 9.03. The standard InChI is InChI=1S/C33H34F3N3O5/c1-3-44-32(42)26-16-37-39(18-33(34,35)36)29(26)22-13-21-14-23(43-2)10-12-24(21)30-28(19-7-5-4-6-8-19)25-11-9-20(31(40)41)15-27(25)38(30)17-22/h9-16,19,28,30H,3-8,17-18H2,1-2H3,(H,40,41). The summed E-state index contributed by atoms with van der Waals surface area (Å²) in [4.78, 5) is 27.2. The van der Waals surface area contributed by atoms with Crippen molar-refractivity contribution >= 4 is 29.3 Å². The molecule has 0 bridgehead atoms. The number of anilines is 1. The van der Waals surface area contributed by atoms with Gasteiger partial charge in [0.25, 0.3) is 0 Å². The van der Waals surface area contributed by atoms with Crippen molar-refractivity contribution in [1.29, 1.82) is 0 Å². The molecule has 1 N–H and O–H groups in total. The van der Waals surface area contributed by atoms with Gasteiger partial charge in [0.05, 0.1) is 37.2 Å². The number of halogens is 3. The van der Waals surface area contributed by atoms with Crippen LogP contribution >= 0.6 is 0 Å². The number of benzene rings is 2. The van der Waals surface area contributed by atoms with E-state index in [1.165, 1.54) is 6.42 Å². The highest BCUT2D eigenvalue weighted by Crippen LogP contribution is 2.57. The Balaban J connectivity index is 1.58.